The molecule has 0 saturated heterocycles. The highest BCUT2D eigenvalue weighted by Gasteiger charge is 2.32. The Balaban J connectivity index is 2.48. The predicted octanol–water partition coefficient (Wildman–Crippen LogP) is 0.485. The van der Waals surface area contributed by atoms with Gasteiger partial charge in [0.25, 0.3) is 5.56 Å². The van der Waals surface area contributed by atoms with Crippen molar-refractivity contribution in [2.75, 3.05) is 0 Å². The number of tetrazole rings is 1. The van der Waals surface area contributed by atoms with Gasteiger partial charge in [0.05, 0.1) is 12.5 Å². The highest BCUT2D eigenvalue weighted by molar-refractivity contribution is 5.67. The summed E-state index contributed by atoms with van der Waals surface area (Å²) in [7, 11) is 0. The summed E-state index contributed by atoms with van der Waals surface area (Å²) >= 11 is 0. The number of carbonyl (C=O) groups is 1. The molecule has 2 heterocycles. The lowest BCUT2D eigenvalue weighted by Gasteiger charge is -2.29. The van der Waals surface area contributed by atoms with E-state index in [0.29, 0.717) is 11.5 Å². The lowest BCUT2D eigenvalue weighted by atomic mass is 9.85. The van der Waals surface area contributed by atoms with Crippen LogP contribution < -0.4 is 5.56 Å². The zero-order valence-electron chi connectivity index (χ0n) is 11.9. The molecule has 0 aliphatic rings. The zero-order chi connectivity index (χ0) is 15.6. The molecular formula is C12H16N6O3. The minimum Gasteiger partial charge on any atom is -0.481 e. The first-order valence-electron chi connectivity index (χ1n) is 6.35. The molecule has 1 unspecified atom stereocenters. The summed E-state index contributed by atoms with van der Waals surface area (Å²) in [6, 6.07) is 2.35. The molecule has 2 aromatic heterocycles. The van der Waals surface area contributed by atoms with Gasteiger partial charge in [-0.05, 0) is 21.9 Å². The van der Waals surface area contributed by atoms with Crippen LogP contribution in [-0.4, -0.2) is 41.5 Å². The molecule has 2 aromatic rings. The molecule has 0 aliphatic carbocycles. The highest BCUT2D eigenvalue weighted by atomic mass is 16.4. The Morgan fingerprint density at radius 2 is 2.14 bits per heavy atom. The van der Waals surface area contributed by atoms with Crippen LogP contribution in [0, 0.1) is 5.41 Å². The minimum atomic E-state index is -0.939. The number of nitrogens with zero attached hydrogens (tertiary/aromatic N) is 5. The fourth-order valence-electron chi connectivity index (χ4n) is 1.97. The van der Waals surface area contributed by atoms with Gasteiger partial charge in [-0.2, -0.15) is 5.10 Å². The average Bonchev–Trinajstić information content (AvgIpc) is 2.84. The number of carboxylic acids is 1. The molecule has 0 radical (unpaired) electrons. The predicted molar refractivity (Wildman–Crippen MR) is 72.4 cm³/mol. The van der Waals surface area contributed by atoms with E-state index in [0.717, 1.165) is 0 Å². The van der Waals surface area contributed by atoms with E-state index >= 15 is 0 Å². The Morgan fingerprint density at radius 3 is 2.67 bits per heavy atom. The standard InChI is InChI=1S/C12H16N6O3/c1-12(2,3)8(6-10(20)21)18-11(15-16-17-18)7-4-5-9(19)14-13-7/h4-5,8H,6H2,1-3H3,(H,14,19)(H,20,21). The monoisotopic (exact) mass is 292 g/mol. The average molecular weight is 292 g/mol. The van der Waals surface area contributed by atoms with Crippen molar-refractivity contribution in [2.24, 2.45) is 5.41 Å². The number of aromatic nitrogens is 6. The molecule has 9 nitrogen and oxygen atoms in total. The lowest BCUT2D eigenvalue weighted by Crippen LogP contribution is -2.28. The number of aromatic amines is 1. The quantitative estimate of drug-likeness (QED) is 0.839. The first kappa shape index (κ1) is 14.8. The Morgan fingerprint density at radius 1 is 1.43 bits per heavy atom. The molecule has 0 bridgehead atoms. The largest absolute Gasteiger partial charge is 0.481 e. The second-order valence-electron chi connectivity index (χ2n) is 5.73. The van der Waals surface area contributed by atoms with E-state index in [2.05, 4.69) is 25.7 Å². The topological polar surface area (TPSA) is 127 Å². The van der Waals surface area contributed by atoms with Crippen molar-refractivity contribution in [2.45, 2.75) is 33.2 Å². The van der Waals surface area contributed by atoms with Crippen LogP contribution in [-0.2, 0) is 4.79 Å². The fraction of sp³-hybridized carbons (Fsp3) is 0.500. The van der Waals surface area contributed by atoms with Gasteiger partial charge in [0.1, 0.15) is 5.69 Å². The third-order valence-electron chi connectivity index (χ3n) is 3.06. The Kier molecular flexibility index (Phi) is 3.83. The fourth-order valence-corrected chi connectivity index (χ4v) is 1.97. The number of hydrogen-bond acceptors (Lipinski definition) is 6. The molecule has 2 N–H and O–H groups in total. The smallest absolute Gasteiger partial charge is 0.305 e. The molecule has 1 atom stereocenters. The van der Waals surface area contributed by atoms with Crippen LogP contribution in [0.25, 0.3) is 11.5 Å². The van der Waals surface area contributed by atoms with Gasteiger partial charge < -0.3 is 5.11 Å². The summed E-state index contributed by atoms with van der Waals surface area (Å²) in [4.78, 5) is 22.2. The molecule has 0 amide bonds. The van der Waals surface area contributed by atoms with E-state index in [9.17, 15) is 9.59 Å². The number of aliphatic carboxylic acids is 1. The van der Waals surface area contributed by atoms with Gasteiger partial charge in [0.15, 0.2) is 0 Å². The normalized spacial score (nSPS) is 13.1. The molecule has 21 heavy (non-hydrogen) atoms. The van der Waals surface area contributed by atoms with E-state index in [1.165, 1.54) is 16.8 Å². The zero-order valence-corrected chi connectivity index (χ0v) is 11.9. The van der Waals surface area contributed by atoms with Crippen LogP contribution in [0.4, 0.5) is 0 Å². The molecule has 0 aliphatic heterocycles. The van der Waals surface area contributed by atoms with Gasteiger partial charge in [0, 0.05) is 6.07 Å². The second-order valence-corrected chi connectivity index (χ2v) is 5.73. The van der Waals surface area contributed by atoms with Crippen molar-refractivity contribution in [3.05, 3.63) is 22.5 Å². The molecule has 0 aromatic carbocycles. The van der Waals surface area contributed by atoms with Crippen LogP contribution in [0.3, 0.4) is 0 Å². The van der Waals surface area contributed by atoms with E-state index in [-0.39, 0.29) is 17.4 Å². The summed E-state index contributed by atoms with van der Waals surface area (Å²) in [6.07, 6.45) is -0.120. The van der Waals surface area contributed by atoms with Crippen molar-refractivity contribution < 1.29 is 9.90 Å². The third kappa shape index (κ3) is 3.30. The van der Waals surface area contributed by atoms with Crippen molar-refractivity contribution >= 4 is 5.97 Å². The Labute approximate surface area is 120 Å². The first-order valence-corrected chi connectivity index (χ1v) is 6.35. The molecular weight excluding hydrogens is 276 g/mol. The van der Waals surface area contributed by atoms with E-state index in [1.807, 2.05) is 20.8 Å². The van der Waals surface area contributed by atoms with Gasteiger partial charge in [0.2, 0.25) is 5.82 Å². The van der Waals surface area contributed by atoms with Crippen LogP contribution in [0.2, 0.25) is 0 Å². The van der Waals surface area contributed by atoms with Crippen LogP contribution in [0.1, 0.15) is 33.2 Å². The summed E-state index contributed by atoms with van der Waals surface area (Å²) in [5.74, 6) is -0.627. The maximum absolute atomic E-state index is 11.1. The van der Waals surface area contributed by atoms with Crippen molar-refractivity contribution in [1.29, 1.82) is 0 Å². The number of hydrogen-bond donors (Lipinski definition) is 2. The van der Waals surface area contributed by atoms with Gasteiger partial charge >= 0.3 is 5.97 Å². The molecule has 0 fully saturated rings. The van der Waals surface area contributed by atoms with Crippen molar-refractivity contribution in [3.8, 4) is 11.5 Å². The van der Waals surface area contributed by atoms with E-state index < -0.39 is 12.0 Å². The van der Waals surface area contributed by atoms with Gasteiger partial charge in [-0.25, -0.2) is 9.78 Å². The Hall–Kier alpha value is -2.58. The minimum absolute atomic E-state index is 0.120. The lowest BCUT2D eigenvalue weighted by molar-refractivity contribution is -0.138. The number of carboxylic acid groups (broad SMARTS) is 1. The molecule has 2 rings (SSSR count). The van der Waals surface area contributed by atoms with Gasteiger partial charge in [-0.1, -0.05) is 20.8 Å². The number of H-pyrrole nitrogens is 1. The molecule has 112 valence electrons. The third-order valence-corrected chi connectivity index (χ3v) is 3.06. The first-order chi connectivity index (χ1) is 9.79. The summed E-state index contributed by atoms with van der Waals surface area (Å²) in [6.45, 7) is 5.73. The highest BCUT2D eigenvalue weighted by Crippen LogP contribution is 2.34. The Bertz CT molecular complexity index is 679. The maximum Gasteiger partial charge on any atom is 0.305 e. The molecule has 0 saturated carbocycles. The number of nitrogens with one attached hydrogen (secondary N) is 1. The van der Waals surface area contributed by atoms with E-state index in [4.69, 9.17) is 5.11 Å². The maximum atomic E-state index is 11.1. The van der Waals surface area contributed by atoms with Crippen LogP contribution in [0.5, 0.6) is 0 Å². The number of rotatable bonds is 4. The van der Waals surface area contributed by atoms with E-state index in [1.54, 1.807) is 0 Å². The molecule has 0 spiro atoms. The van der Waals surface area contributed by atoms with Crippen molar-refractivity contribution in [3.63, 3.8) is 0 Å². The van der Waals surface area contributed by atoms with Gasteiger partial charge in [-0.15, -0.1) is 5.10 Å². The van der Waals surface area contributed by atoms with Crippen LogP contribution in [0.15, 0.2) is 16.9 Å². The van der Waals surface area contributed by atoms with Gasteiger partial charge in [-0.3, -0.25) is 9.59 Å². The summed E-state index contributed by atoms with van der Waals surface area (Å²) in [5, 5.41) is 26.7. The van der Waals surface area contributed by atoms with Crippen LogP contribution >= 0.6 is 0 Å². The summed E-state index contributed by atoms with van der Waals surface area (Å²) < 4.78 is 1.44. The molecule has 9 heteroatoms. The van der Waals surface area contributed by atoms with Crippen molar-refractivity contribution in [1.82, 2.24) is 30.4 Å². The second kappa shape index (κ2) is 5.43. The summed E-state index contributed by atoms with van der Waals surface area (Å²) in [5.41, 5.74) is -0.333. The SMILES string of the molecule is CC(C)(C)C(CC(=O)O)n1nnnc1-c1ccc(=O)[nH]n1.